The fourth-order valence-corrected chi connectivity index (χ4v) is 6.15. The number of esters is 1. The molecular formula is C46H80O4. The summed E-state index contributed by atoms with van der Waals surface area (Å²) in [7, 11) is 0. The monoisotopic (exact) mass is 697 g/mol. The molecule has 0 rings (SSSR count). The molecule has 0 saturated heterocycles. The van der Waals surface area contributed by atoms with Crippen LogP contribution in [0.5, 0.6) is 0 Å². The highest BCUT2D eigenvalue weighted by molar-refractivity contribution is 5.69. The maximum Gasteiger partial charge on any atom is 0.306 e. The van der Waals surface area contributed by atoms with Crippen LogP contribution in [0.3, 0.4) is 0 Å². The average Bonchev–Trinajstić information content (AvgIpc) is 3.10. The lowest BCUT2D eigenvalue weighted by Gasteiger charge is -2.18. The van der Waals surface area contributed by atoms with Crippen LogP contribution in [0.2, 0.25) is 0 Å². The van der Waals surface area contributed by atoms with E-state index in [-0.39, 0.29) is 18.5 Å². The second-order valence-corrected chi connectivity index (χ2v) is 14.2. The standard InChI is InChI=1S/C46H80O4/c1-3-5-7-9-11-13-15-17-19-20-21-22-24-26-28-30-32-34-39-43-46(49)50-44(41-37-35-38-42-45(47)48)40-36-33-31-29-27-25-23-18-16-14-12-10-8-6-4-2/h5,7,11,13,17,19,21-22,26,28,44H,3-4,6,8-10,12,14-16,18,20,23-25,27,29-43H2,1-2H3,(H,47,48)/b7-5-,13-11-,19-17-,22-21-,28-26-. The predicted octanol–water partition coefficient (Wildman–Crippen LogP) is 14.9. The van der Waals surface area contributed by atoms with Gasteiger partial charge in [0.15, 0.2) is 0 Å². The van der Waals surface area contributed by atoms with Crippen molar-refractivity contribution >= 4 is 11.9 Å². The Kier molecular flexibility index (Phi) is 39.1. The number of unbranched alkanes of at least 4 members (excludes halogenated alkanes) is 19. The van der Waals surface area contributed by atoms with Crippen LogP contribution < -0.4 is 0 Å². The van der Waals surface area contributed by atoms with Crippen molar-refractivity contribution in [2.75, 3.05) is 0 Å². The van der Waals surface area contributed by atoms with E-state index < -0.39 is 5.97 Å². The Morgan fingerprint density at radius 3 is 1.30 bits per heavy atom. The van der Waals surface area contributed by atoms with Gasteiger partial charge in [0, 0.05) is 12.8 Å². The molecule has 0 aliphatic carbocycles. The van der Waals surface area contributed by atoms with Gasteiger partial charge in [-0.05, 0) is 83.5 Å². The SMILES string of the molecule is CC/C=C\C/C=C\C/C=C\C/C=C\C/C=C\CCCCCC(=O)OC(CCCCCCCCCCCCCCCCC)CCCCCC(=O)O. The molecule has 0 aliphatic rings. The van der Waals surface area contributed by atoms with Crippen LogP contribution in [0.15, 0.2) is 60.8 Å². The number of hydrogen-bond donors (Lipinski definition) is 1. The first kappa shape index (κ1) is 47.6. The third-order valence-corrected chi connectivity index (χ3v) is 9.25. The molecular weight excluding hydrogens is 617 g/mol. The second kappa shape index (κ2) is 41.1. The lowest BCUT2D eigenvalue weighted by atomic mass is 10.0. The molecule has 1 unspecified atom stereocenters. The van der Waals surface area contributed by atoms with E-state index in [0.29, 0.717) is 12.8 Å². The van der Waals surface area contributed by atoms with Crippen LogP contribution in [0, 0.1) is 0 Å². The van der Waals surface area contributed by atoms with E-state index in [0.717, 1.165) is 89.9 Å². The van der Waals surface area contributed by atoms with Gasteiger partial charge in [-0.25, -0.2) is 0 Å². The molecule has 0 aliphatic heterocycles. The van der Waals surface area contributed by atoms with Gasteiger partial charge in [-0.2, -0.15) is 0 Å². The third kappa shape index (κ3) is 40.1. The summed E-state index contributed by atoms with van der Waals surface area (Å²) in [6.07, 6.45) is 56.7. The van der Waals surface area contributed by atoms with E-state index in [4.69, 9.17) is 9.84 Å². The number of carbonyl (C=O) groups excluding carboxylic acids is 1. The third-order valence-electron chi connectivity index (χ3n) is 9.25. The Bertz CT molecular complexity index is 881. The fraction of sp³-hybridized carbons (Fsp3) is 0.739. The van der Waals surface area contributed by atoms with Gasteiger partial charge in [0.1, 0.15) is 6.10 Å². The summed E-state index contributed by atoms with van der Waals surface area (Å²) < 4.78 is 5.95. The summed E-state index contributed by atoms with van der Waals surface area (Å²) in [4.78, 5) is 23.5. The minimum absolute atomic E-state index is 0.0180. The van der Waals surface area contributed by atoms with Crippen LogP contribution >= 0.6 is 0 Å². The van der Waals surface area contributed by atoms with E-state index in [9.17, 15) is 9.59 Å². The number of rotatable bonds is 38. The molecule has 1 N–H and O–H groups in total. The van der Waals surface area contributed by atoms with Gasteiger partial charge in [0.2, 0.25) is 0 Å². The zero-order chi connectivity index (χ0) is 36.4. The van der Waals surface area contributed by atoms with Crippen LogP contribution in [0.25, 0.3) is 0 Å². The van der Waals surface area contributed by atoms with Gasteiger partial charge in [-0.3, -0.25) is 9.59 Å². The Morgan fingerprint density at radius 1 is 0.460 bits per heavy atom. The van der Waals surface area contributed by atoms with Crippen LogP contribution in [-0.2, 0) is 14.3 Å². The van der Waals surface area contributed by atoms with E-state index in [2.05, 4.69) is 74.6 Å². The highest BCUT2D eigenvalue weighted by atomic mass is 16.5. The summed E-state index contributed by atoms with van der Waals surface area (Å²) >= 11 is 0. The summed E-state index contributed by atoms with van der Waals surface area (Å²) in [6.45, 7) is 4.44. The topological polar surface area (TPSA) is 63.6 Å². The van der Waals surface area contributed by atoms with E-state index in [1.165, 1.54) is 89.9 Å². The quantitative estimate of drug-likeness (QED) is 0.0396. The summed E-state index contributed by atoms with van der Waals surface area (Å²) in [5.74, 6) is -0.788. The Hall–Kier alpha value is -2.36. The minimum Gasteiger partial charge on any atom is -0.481 e. The maximum absolute atomic E-state index is 12.6. The number of carboxylic acid groups (broad SMARTS) is 1. The molecule has 50 heavy (non-hydrogen) atoms. The van der Waals surface area contributed by atoms with Crippen molar-refractivity contribution in [3.8, 4) is 0 Å². The fourth-order valence-electron chi connectivity index (χ4n) is 6.15. The van der Waals surface area contributed by atoms with Gasteiger partial charge in [0.25, 0.3) is 0 Å². The van der Waals surface area contributed by atoms with Crippen molar-refractivity contribution in [1.29, 1.82) is 0 Å². The molecule has 0 aromatic carbocycles. The highest BCUT2D eigenvalue weighted by Gasteiger charge is 2.14. The Labute approximate surface area is 310 Å². The number of carboxylic acids is 1. The zero-order valence-electron chi connectivity index (χ0n) is 32.9. The first-order valence-electron chi connectivity index (χ1n) is 21.3. The molecule has 0 aromatic rings. The summed E-state index contributed by atoms with van der Waals surface area (Å²) in [5.41, 5.74) is 0. The van der Waals surface area contributed by atoms with E-state index in [1.807, 2.05) is 0 Å². The van der Waals surface area contributed by atoms with Crippen molar-refractivity contribution in [2.45, 2.75) is 219 Å². The van der Waals surface area contributed by atoms with Gasteiger partial charge in [-0.1, -0.05) is 177 Å². The molecule has 4 heteroatoms. The van der Waals surface area contributed by atoms with Crippen LogP contribution in [-0.4, -0.2) is 23.1 Å². The molecule has 0 amide bonds. The highest BCUT2D eigenvalue weighted by Crippen LogP contribution is 2.19. The van der Waals surface area contributed by atoms with Crippen molar-refractivity contribution in [2.24, 2.45) is 0 Å². The lowest BCUT2D eigenvalue weighted by molar-refractivity contribution is -0.150. The van der Waals surface area contributed by atoms with Gasteiger partial charge < -0.3 is 9.84 Å². The molecule has 0 aromatic heterocycles. The number of ether oxygens (including phenoxy) is 1. The Morgan fingerprint density at radius 2 is 0.840 bits per heavy atom. The van der Waals surface area contributed by atoms with Crippen molar-refractivity contribution in [1.82, 2.24) is 0 Å². The molecule has 0 radical (unpaired) electrons. The maximum atomic E-state index is 12.6. The van der Waals surface area contributed by atoms with Crippen LogP contribution in [0.1, 0.15) is 213 Å². The predicted molar refractivity (Wildman–Crippen MR) is 218 cm³/mol. The van der Waals surface area contributed by atoms with E-state index in [1.54, 1.807) is 0 Å². The largest absolute Gasteiger partial charge is 0.481 e. The first-order chi connectivity index (χ1) is 24.6. The van der Waals surface area contributed by atoms with Gasteiger partial charge in [-0.15, -0.1) is 0 Å². The number of carbonyl (C=O) groups is 2. The summed E-state index contributed by atoms with van der Waals surface area (Å²) in [5, 5.41) is 8.91. The van der Waals surface area contributed by atoms with Crippen molar-refractivity contribution < 1.29 is 19.4 Å². The van der Waals surface area contributed by atoms with Crippen molar-refractivity contribution in [3.63, 3.8) is 0 Å². The second-order valence-electron chi connectivity index (χ2n) is 14.2. The first-order valence-corrected chi connectivity index (χ1v) is 21.3. The number of hydrogen-bond acceptors (Lipinski definition) is 3. The van der Waals surface area contributed by atoms with Gasteiger partial charge >= 0.3 is 11.9 Å². The number of allylic oxidation sites excluding steroid dienone is 10. The molecule has 0 heterocycles. The molecule has 0 spiro atoms. The molecule has 288 valence electrons. The smallest absolute Gasteiger partial charge is 0.306 e. The minimum atomic E-state index is -0.730. The lowest BCUT2D eigenvalue weighted by Crippen LogP contribution is -2.18. The summed E-state index contributed by atoms with van der Waals surface area (Å²) in [6, 6.07) is 0. The molecule has 0 saturated carbocycles. The normalized spacial score (nSPS) is 12.8. The zero-order valence-corrected chi connectivity index (χ0v) is 32.9. The average molecular weight is 697 g/mol. The van der Waals surface area contributed by atoms with Crippen LogP contribution in [0.4, 0.5) is 0 Å². The molecule has 1 atom stereocenters. The molecule has 0 fully saturated rings. The Balaban J connectivity index is 4.01. The van der Waals surface area contributed by atoms with E-state index >= 15 is 0 Å². The molecule has 4 nitrogen and oxygen atoms in total. The molecule has 0 bridgehead atoms. The van der Waals surface area contributed by atoms with Gasteiger partial charge in [0.05, 0.1) is 0 Å². The van der Waals surface area contributed by atoms with Crippen molar-refractivity contribution in [3.05, 3.63) is 60.8 Å². The number of aliphatic carboxylic acids is 1.